The van der Waals surface area contributed by atoms with Crippen molar-refractivity contribution in [3.8, 4) is 0 Å². The molecule has 22 heavy (non-hydrogen) atoms. The average Bonchev–Trinajstić information content (AvgIpc) is 2.92. The van der Waals surface area contributed by atoms with Crippen molar-refractivity contribution in [2.75, 3.05) is 0 Å². The third-order valence-corrected chi connectivity index (χ3v) is 4.43. The van der Waals surface area contributed by atoms with Crippen LogP contribution in [0.3, 0.4) is 0 Å². The first-order chi connectivity index (χ1) is 10.5. The minimum Gasteiger partial charge on any atom is -0.352 e. The molecule has 0 bridgehead atoms. The second-order valence-electron chi connectivity index (χ2n) is 4.89. The summed E-state index contributed by atoms with van der Waals surface area (Å²) in [6, 6.07) is 8.14. The predicted octanol–water partition coefficient (Wildman–Crippen LogP) is 4.13. The number of halogens is 2. The zero-order chi connectivity index (χ0) is 16.1. The first-order valence-electron chi connectivity index (χ1n) is 6.76. The van der Waals surface area contributed by atoms with Crippen molar-refractivity contribution >= 4 is 34.6 Å². The minimum atomic E-state index is -0.295. The van der Waals surface area contributed by atoms with E-state index in [-0.39, 0.29) is 36.9 Å². The van der Waals surface area contributed by atoms with E-state index < -0.39 is 0 Å². The Kier molecular flexibility index (Phi) is 5.69. The van der Waals surface area contributed by atoms with Gasteiger partial charge in [0.25, 0.3) is 0 Å². The van der Waals surface area contributed by atoms with Crippen molar-refractivity contribution in [1.29, 1.82) is 0 Å². The summed E-state index contributed by atoms with van der Waals surface area (Å²) in [5, 5.41) is 2.68. The molecule has 116 valence electrons. The highest BCUT2D eigenvalue weighted by Crippen LogP contribution is 2.22. The molecule has 2 aromatic rings. The summed E-state index contributed by atoms with van der Waals surface area (Å²) in [5.74, 6) is -0.637. The molecule has 0 saturated heterocycles. The number of aryl methyl sites for hydroxylation is 1. The molecule has 0 radical (unpaired) electrons. The van der Waals surface area contributed by atoms with Crippen LogP contribution in [-0.4, -0.2) is 11.7 Å². The number of thiophene rings is 1. The highest BCUT2D eigenvalue weighted by Gasteiger charge is 2.11. The van der Waals surface area contributed by atoms with Gasteiger partial charge in [0.05, 0.1) is 9.21 Å². The van der Waals surface area contributed by atoms with Gasteiger partial charge in [0.2, 0.25) is 5.91 Å². The van der Waals surface area contributed by atoms with E-state index >= 15 is 0 Å². The van der Waals surface area contributed by atoms with Crippen molar-refractivity contribution in [3.05, 3.63) is 56.5 Å². The number of carbonyl (C=O) groups excluding carboxylic acids is 2. The van der Waals surface area contributed by atoms with Crippen LogP contribution in [0.5, 0.6) is 0 Å². The number of amides is 1. The Morgan fingerprint density at radius 1 is 1.23 bits per heavy atom. The third kappa shape index (κ3) is 4.64. The topological polar surface area (TPSA) is 46.2 Å². The van der Waals surface area contributed by atoms with E-state index in [1.54, 1.807) is 31.2 Å². The van der Waals surface area contributed by atoms with Crippen LogP contribution in [-0.2, 0) is 11.3 Å². The molecule has 0 saturated carbocycles. The highest BCUT2D eigenvalue weighted by molar-refractivity contribution is 7.18. The second kappa shape index (κ2) is 7.51. The molecule has 6 heteroatoms. The quantitative estimate of drug-likeness (QED) is 0.804. The summed E-state index contributed by atoms with van der Waals surface area (Å²) < 4.78 is 13.9. The van der Waals surface area contributed by atoms with Crippen LogP contribution in [0.15, 0.2) is 30.3 Å². The van der Waals surface area contributed by atoms with Gasteiger partial charge in [-0.15, -0.1) is 11.3 Å². The van der Waals surface area contributed by atoms with Crippen LogP contribution >= 0.6 is 22.9 Å². The summed E-state index contributed by atoms with van der Waals surface area (Å²) in [5.41, 5.74) is 1.25. The standard InChI is InChI=1S/C16H15ClFNO2S/c1-10-2-3-11(8-12(10)18)9-19-16(21)7-4-13(20)14-5-6-15(17)22-14/h2-3,5-6,8H,4,7,9H2,1H3,(H,19,21). The maximum atomic E-state index is 13.4. The fraction of sp³-hybridized carbons (Fsp3) is 0.250. The Morgan fingerprint density at radius 3 is 2.64 bits per heavy atom. The van der Waals surface area contributed by atoms with Crippen molar-refractivity contribution in [3.63, 3.8) is 0 Å². The van der Waals surface area contributed by atoms with Crippen LogP contribution in [0.2, 0.25) is 4.34 Å². The van der Waals surface area contributed by atoms with Crippen LogP contribution in [0.4, 0.5) is 4.39 Å². The van der Waals surface area contributed by atoms with Crippen LogP contribution in [0, 0.1) is 12.7 Å². The van der Waals surface area contributed by atoms with Crippen molar-refractivity contribution in [2.45, 2.75) is 26.3 Å². The zero-order valence-corrected chi connectivity index (χ0v) is 13.6. The lowest BCUT2D eigenvalue weighted by Crippen LogP contribution is -2.23. The van der Waals surface area contributed by atoms with Crippen molar-refractivity contribution in [1.82, 2.24) is 5.32 Å². The average molecular weight is 340 g/mol. The number of rotatable bonds is 6. The summed E-state index contributed by atoms with van der Waals surface area (Å²) in [6.45, 7) is 1.93. The summed E-state index contributed by atoms with van der Waals surface area (Å²) in [6.07, 6.45) is 0.230. The van der Waals surface area contributed by atoms with Gasteiger partial charge in [-0.1, -0.05) is 23.7 Å². The molecule has 0 fully saturated rings. The summed E-state index contributed by atoms with van der Waals surface area (Å²) >= 11 is 6.97. The number of hydrogen-bond donors (Lipinski definition) is 1. The largest absolute Gasteiger partial charge is 0.352 e. The summed E-state index contributed by atoms with van der Waals surface area (Å²) in [4.78, 5) is 24.1. The van der Waals surface area contributed by atoms with Gasteiger partial charge >= 0.3 is 0 Å². The van der Waals surface area contributed by atoms with Gasteiger partial charge in [-0.05, 0) is 36.2 Å². The number of Topliss-reactive ketones (excluding diaryl/α,β-unsaturated/α-hetero) is 1. The van der Waals surface area contributed by atoms with Gasteiger partial charge in [-0.25, -0.2) is 4.39 Å². The lowest BCUT2D eigenvalue weighted by Gasteiger charge is -2.06. The Bertz CT molecular complexity index is 699. The molecule has 0 aliphatic rings. The Hall–Kier alpha value is -1.72. The minimum absolute atomic E-state index is 0.0999. The van der Waals surface area contributed by atoms with Gasteiger partial charge in [-0.2, -0.15) is 0 Å². The monoisotopic (exact) mass is 339 g/mol. The smallest absolute Gasteiger partial charge is 0.220 e. The molecule has 1 aromatic heterocycles. The molecule has 0 unspecified atom stereocenters. The Balaban J connectivity index is 1.78. The van der Waals surface area contributed by atoms with E-state index in [9.17, 15) is 14.0 Å². The number of carbonyl (C=O) groups is 2. The van der Waals surface area contributed by atoms with E-state index in [0.29, 0.717) is 20.3 Å². The molecule has 1 aromatic carbocycles. The molecule has 0 aliphatic heterocycles. The van der Waals surface area contributed by atoms with E-state index in [1.807, 2.05) is 0 Å². The van der Waals surface area contributed by atoms with Gasteiger partial charge in [0.15, 0.2) is 5.78 Å². The fourth-order valence-corrected chi connectivity index (χ4v) is 2.86. The molecule has 0 aliphatic carbocycles. The molecule has 0 spiro atoms. The molecule has 1 heterocycles. The molecule has 1 amide bonds. The van der Waals surface area contributed by atoms with Crippen molar-refractivity contribution in [2.24, 2.45) is 0 Å². The Labute approximate surface area is 137 Å². The maximum absolute atomic E-state index is 13.4. The van der Waals surface area contributed by atoms with Gasteiger partial charge < -0.3 is 5.32 Å². The number of hydrogen-bond acceptors (Lipinski definition) is 3. The Morgan fingerprint density at radius 2 is 2.00 bits per heavy atom. The lowest BCUT2D eigenvalue weighted by molar-refractivity contribution is -0.121. The number of nitrogens with one attached hydrogen (secondary N) is 1. The predicted molar refractivity (Wildman–Crippen MR) is 85.9 cm³/mol. The van der Waals surface area contributed by atoms with E-state index in [0.717, 1.165) is 0 Å². The lowest BCUT2D eigenvalue weighted by atomic mass is 10.1. The maximum Gasteiger partial charge on any atom is 0.220 e. The van der Waals surface area contributed by atoms with Gasteiger partial charge in [0, 0.05) is 19.4 Å². The number of ketones is 1. The zero-order valence-electron chi connectivity index (χ0n) is 12.0. The van der Waals surface area contributed by atoms with Crippen molar-refractivity contribution < 1.29 is 14.0 Å². The first-order valence-corrected chi connectivity index (χ1v) is 7.95. The molecular formula is C16H15ClFNO2S. The molecular weight excluding hydrogens is 325 g/mol. The van der Waals surface area contributed by atoms with E-state index in [4.69, 9.17) is 11.6 Å². The summed E-state index contributed by atoms with van der Waals surface area (Å²) in [7, 11) is 0. The van der Waals surface area contributed by atoms with Gasteiger partial charge in [0.1, 0.15) is 5.82 Å². The highest BCUT2D eigenvalue weighted by atomic mass is 35.5. The normalized spacial score (nSPS) is 10.5. The van der Waals surface area contributed by atoms with Crippen LogP contribution in [0.25, 0.3) is 0 Å². The molecule has 3 nitrogen and oxygen atoms in total. The third-order valence-electron chi connectivity index (χ3n) is 3.15. The van der Waals surface area contributed by atoms with E-state index in [2.05, 4.69) is 5.32 Å². The molecule has 1 N–H and O–H groups in total. The van der Waals surface area contributed by atoms with E-state index in [1.165, 1.54) is 17.4 Å². The molecule has 0 atom stereocenters. The van der Waals surface area contributed by atoms with Gasteiger partial charge in [-0.3, -0.25) is 9.59 Å². The fourth-order valence-electron chi connectivity index (χ4n) is 1.85. The molecule has 2 rings (SSSR count). The van der Waals surface area contributed by atoms with Crippen LogP contribution < -0.4 is 5.32 Å². The second-order valence-corrected chi connectivity index (χ2v) is 6.60. The number of benzene rings is 1. The van der Waals surface area contributed by atoms with Crippen LogP contribution in [0.1, 0.15) is 33.6 Å². The SMILES string of the molecule is Cc1ccc(CNC(=O)CCC(=O)c2ccc(Cl)s2)cc1F. The first kappa shape index (κ1) is 16.6.